The highest BCUT2D eigenvalue weighted by Crippen LogP contribution is 2.29. The molecule has 0 aromatic carbocycles. The van der Waals surface area contributed by atoms with Crippen LogP contribution in [0.1, 0.15) is 20.3 Å². The van der Waals surface area contributed by atoms with Gasteiger partial charge in [0.15, 0.2) is 0 Å². The Bertz CT molecular complexity index is 136. The summed E-state index contributed by atoms with van der Waals surface area (Å²) in [5.74, 6) is 0.742. The largest absolute Gasteiger partial charge is 0.380 e. The van der Waals surface area contributed by atoms with Gasteiger partial charge in [0.05, 0.1) is 6.61 Å². The molecule has 1 aliphatic heterocycles. The van der Waals surface area contributed by atoms with Gasteiger partial charge in [-0.1, -0.05) is 6.92 Å². The van der Waals surface area contributed by atoms with Gasteiger partial charge in [0.25, 0.3) is 0 Å². The third kappa shape index (κ3) is 1.57. The van der Waals surface area contributed by atoms with Crippen LogP contribution in [0.25, 0.3) is 0 Å². The Morgan fingerprint density at radius 3 is 2.45 bits per heavy atom. The van der Waals surface area contributed by atoms with Gasteiger partial charge in [-0.15, -0.1) is 0 Å². The Morgan fingerprint density at radius 1 is 1.45 bits per heavy atom. The minimum absolute atomic E-state index is 0.248. The highest BCUT2D eigenvalue weighted by Gasteiger charge is 2.36. The second-order valence-corrected chi connectivity index (χ2v) is 3.99. The monoisotopic (exact) mass is 157 g/mol. The molecule has 1 heterocycles. The van der Waals surface area contributed by atoms with E-state index >= 15 is 0 Å². The van der Waals surface area contributed by atoms with Crippen molar-refractivity contribution in [1.29, 1.82) is 0 Å². The van der Waals surface area contributed by atoms with Crippen molar-refractivity contribution in [3.05, 3.63) is 0 Å². The maximum absolute atomic E-state index is 5.48. The molecule has 0 N–H and O–H groups in total. The van der Waals surface area contributed by atoms with E-state index in [1.165, 1.54) is 6.42 Å². The summed E-state index contributed by atoms with van der Waals surface area (Å²) in [6.07, 6.45) is 1.19. The van der Waals surface area contributed by atoms with Crippen LogP contribution in [0.15, 0.2) is 0 Å². The van der Waals surface area contributed by atoms with Crippen LogP contribution >= 0.6 is 0 Å². The van der Waals surface area contributed by atoms with E-state index in [1.54, 1.807) is 0 Å². The topological polar surface area (TPSA) is 12.5 Å². The summed E-state index contributed by atoms with van der Waals surface area (Å²) in [7, 11) is 4.26. The quantitative estimate of drug-likeness (QED) is 0.570. The third-order valence-electron chi connectivity index (χ3n) is 3.17. The van der Waals surface area contributed by atoms with Crippen molar-refractivity contribution in [2.75, 3.05) is 27.3 Å². The maximum atomic E-state index is 5.48. The molecule has 0 saturated carbocycles. The van der Waals surface area contributed by atoms with E-state index in [9.17, 15) is 0 Å². The van der Waals surface area contributed by atoms with Gasteiger partial charge in [-0.25, -0.2) is 0 Å². The molecule has 1 saturated heterocycles. The van der Waals surface area contributed by atoms with Crippen molar-refractivity contribution in [3.8, 4) is 0 Å². The summed E-state index contributed by atoms with van der Waals surface area (Å²) in [6, 6.07) is 0. The minimum atomic E-state index is 0.248. The number of nitrogens with zero attached hydrogens (tertiary/aromatic N) is 1. The first-order valence-corrected chi connectivity index (χ1v) is 4.32. The van der Waals surface area contributed by atoms with E-state index in [-0.39, 0.29) is 5.54 Å². The molecule has 0 aromatic rings. The van der Waals surface area contributed by atoms with E-state index in [1.807, 2.05) is 0 Å². The lowest BCUT2D eigenvalue weighted by molar-refractivity contribution is -0.0537. The lowest BCUT2D eigenvalue weighted by atomic mass is 9.83. The van der Waals surface area contributed by atoms with E-state index in [2.05, 4.69) is 32.8 Å². The van der Waals surface area contributed by atoms with Crippen LogP contribution in [0.2, 0.25) is 0 Å². The average molecular weight is 157 g/mol. The Labute approximate surface area is 69.5 Å². The summed E-state index contributed by atoms with van der Waals surface area (Å²) >= 11 is 0. The second-order valence-electron chi connectivity index (χ2n) is 3.99. The lowest BCUT2D eigenvalue weighted by Gasteiger charge is -2.44. The summed E-state index contributed by atoms with van der Waals surface area (Å²) in [5.41, 5.74) is 0.248. The molecule has 0 amide bonds. The molecular formula is C9H19NO. The lowest BCUT2D eigenvalue weighted by Crippen LogP contribution is -2.53. The van der Waals surface area contributed by atoms with Gasteiger partial charge in [-0.2, -0.15) is 0 Å². The molecule has 2 nitrogen and oxygen atoms in total. The van der Waals surface area contributed by atoms with Gasteiger partial charge in [0.1, 0.15) is 0 Å². The molecule has 0 aliphatic carbocycles. The van der Waals surface area contributed by atoms with Gasteiger partial charge in [0.2, 0.25) is 0 Å². The van der Waals surface area contributed by atoms with Crippen LogP contribution in [-0.4, -0.2) is 37.7 Å². The van der Waals surface area contributed by atoms with E-state index in [0.717, 1.165) is 19.1 Å². The molecular weight excluding hydrogens is 138 g/mol. The van der Waals surface area contributed by atoms with Crippen molar-refractivity contribution in [3.63, 3.8) is 0 Å². The van der Waals surface area contributed by atoms with E-state index < -0.39 is 0 Å². The molecule has 11 heavy (non-hydrogen) atoms. The fraction of sp³-hybridized carbons (Fsp3) is 1.00. The van der Waals surface area contributed by atoms with Gasteiger partial charge in [0, 0.05) is 12.1 Å². The molecule has 1 aliphatic rings. The molecule has 0 radical (unpaired) electrons. The zero-order valence-electron chi connectivity index (χ0n) is 8.05. The first-order chi connectivity index (χ1) is 5.07. The predicted molar refractivity (Wildman–Crippen MR) is 46.7 cm³/mol. The highest BCUT2D eigenvalue weighted by atomic mass is 16.5. The number of ether oxygens (including phenoxy) is 1. The van der Waals surface area contributed by atoms with Crippen LogP contribution in [0, 0.1) is 5.92 Å². The average Bonchev–Trinajstić information content (AvgIpc) is 1.95. The van der Waals surface area contributed by atoms with Gasteiger partial charge in [-0.3, -0.25) is 0 Å². The molecule has 2 unspecified atom stereocenters. The molecule has 2 heteroatoms. The summed E-state index contributed by atoms with van der Waals surface area (Å²) in [5, 5.41) is 0. The zero-order valence-corrected chi connectivity index (χ0v) is 8.05. The molecule has 0 aromatic heterocycles. The minimum Gasteiger partial charge on any atom is -0.380 e. The molecule has 2 atom stereocenters. The first kappa shape index (κ1) is 9.01. The van der Waals surface area contributed by atoms with E-state index in [0.29, 0.717) is 0 Å². The smallest absolute Gasteiger partial charge is 0.0650 e. The standard InChI is InChI=1S/C9H19NO/c1-8-5-6-11-7-9(8,2)10(3)4/h8H,5-7H2,1-4H3. The third-order valence-corrected chi connectivity index (χ3v) is 3.17. The van der Waals surface area contributed by atoms with Crippen LogP contribution in [0.5, 0.6) is 0 Å². The summed E-state index contributed by atoms with van der Waals surface area (Å²) in [4.78, 5) is 2.27. The van der Waals surface area contributed by atoms with Crippen LogP contribution < -0.4 is 0 Å². The van der Waals surface area contributed by atoms with Crippen LogP contribution in [-0.2, 0) is 4.74 Å². The predicted octanol–water partition coefficient (Wildman–Crippen LogP) is 1.36. The molecule has 0 bridgehead atoms. The Morgan fingerprint density at radius 2 is 2.09 bits per heavy atom. The normalized spacial score (nSPS) is 39.5. The molecule has 0 spiro atoms. The maximum Gasteiger partial charge on any atom is 0.0650 e. The fourth-order valence-electron chi connectivity index (χ4n) is 1.56. The van der Waals surface area contributed by atoms with Crippen molar-refractivity contribution in [2.45, 2.75) is 25.8 Å². The second kappa shape index (κ2) is 3.11. The molecule has 1 fully saturated rings. The van der Waals surface area contributed by atoms with Crippen molar-refractivity contribution in [1.82, 2.24) is 4.90 Å². The summed E-state index contributed by atoms with van der Waals surface area (Å²) in [6.45, 7) is 6.39. The summed E-state index contributed by atoms with van der Waals surface area (Å²) < 4.78 is 5.48. The van der Waals surface area contributed by atoms with Crippen LogP contribution in [0.4, 0.5) is 0 Å². The van der Waals surface area contributed by atoms with Gasteiger partial charge in [-0.05, 0) is 33.4 Å². The van der Waals surface area contributed by atoms with Gasteiger partial charge < -0.3 is 9.64 Å². The Balaban J connectivity index is 2.64. The van der Waals surface area contributed by atoms with Crippen LogP contribution in [0.3, 0.4) is 0 Å². The Kier molecular flexibility index (Phi) is 2.55. The van der Waals surface area contributed by atoms with E-state index in [4.69, 9.17) is 4.74 Å². The van der Waals surface area contributed by atoms with Gasteiger partial charge >= 0.3 is 0 Å². The zero-order chi connectivity index (χ0) is 8.48. The van der Waals surface area contributed by atoms with Crippen molar-refractivity contribution >= 4 is 0 Å². The molecule has 1 rings (SSSR count). The number of hydrogen-bond donors (Lipinski definition) is 0. The number of rotatable bonds is 1. The number of likely N-dealkylation sites (N-methyl/N-ethyl adjacent to an activating group) is 1. The Hall–Kier alpha value is -0.0800. The van der Waals surface area contributed by atoms with Crippen molar-refractivity contribution in [2.24, 2.45) is 5.92 Å². The number of hydrogen-bond acceptors (Lipinski definition) is 2. The van der Waals surface area contributed by atoms with Crippen molar-refractivity contribution < 1.29 is 4.74 Å². The SMILES string of the molecule is CC1CCOCC1(C)N(C)C. The first-order valence-electron chi connectivity index (χ1n) is 4.32. The highest BCUT2D eigenvalue weighted by molar-refractivity contribution is 4.90. The fourth-order valence-corrected chi connectivity index (χ4v) is 1.56. The molecule has 66 valence electrons.